The lowest BCUT2D eigenvalue weighted by Crippen LogP contribution is -2.46. The molecule has 0 bridgehead atoms. The molecule has 0 N–H and O–H groups in total. The van der Waals surface area contributed by atoms with E-state index in [1.807, 2.05) is 36.4 Å². The maximum absolute atomic E-state index is 14.4. The molecule has 2 aliphatic rings. The number of halogens is 2. The van der Waals surface area contributed by atoms with Crippen molar-refractivity contribution in [3.05, 3.63) is 77.4 Å². The van der Waals surface area contributed by atoms with E-state index in [1.54, 1.807) is 28.8 Å². The van der Waals surface area contributed by atoms with Crippen molar-refractivity contribution in [1.29, 1.82) is 0 Å². The number of urea groups is 1. The lowest BCUT2D eigenvalue weighted by Gasteiger charge is -2.32. The molecular weight excluding hydrogens is 400 g/mol. The number of nitrogens with zero attached hydrogens (tertiary/aromatic N) is 3. The average molecular weight is 425 g/mol. The van der Waals surface area contributed by atoms with Gasteiger partial charge >= 0.3 is 6.03 Å². The normalized spacial score (nSPS) is 20.9. The van der Waals surface area contributed by atoms with E-state index in [2.05, 4.69) is 0 Å². The van der Waals surface area contributed by atoms with Crippen LogP contribution in [0.5, 0.6) is 0 Å². The van der Waals surface area contributed by atoms with Crippen molar-refractivity contribution >= 4 is 17.5 Å². The highest BCUT2D eigenvalue weighted by Gasteiger charge is 2.35. The molecule has 0 aromatic heterocycles. The number of hydrogen-bond acceptors (Lipinski definition) is 2. The maximum Gasteiger partial charge on any atom is 0.320 e. The Labute approximate surface area is 180 Å². The fourth-order valence-corrected chi connectivity index (χ4v) is 4.34. The number of hydrogen-bond donors (Lipinski definition) is 0. The molecule has 0 aliphatic carbocycles. The minimum Gasteiger partial charge on any atom is -0.341 e. The topological polar surface area (TPSA) is 43.9 Å². The smallest absolute Gasteiger partial charge is 0.320 e. The Kier molecular flexibility index (Phi) is 5.76. The number of benzene rings is 2. The highest BCUT2D eigenvalue weighted by molar-refractivity contribution is 5.82. The van der Waals surface area contributed by atoms with Crippen LogP contribution in [0.2, 0.25) is 0 Å². The first kappa shape index (κ1) is 21.0. The Morgan fingerprint density at radius 3 is 2.58 bits per heavy atom. The van der Waals surface area contributed by atoms with Crippen molar-refractivity contribution in [2.24, 2.45) is 0 Å². The number of rotatable bonds is 4. The van der Waals surface area contributed by atoms with Crippen molar-refractivity contribution in [3.8, 4) is 0 Å². The van der Waals surface area contributed by atoms with E-state index in [0.29, 0.717) is 25.0 Å². The van der Waals surface area contributed by atoms with Gasteiger partial charge in [0.15, 0.2) is 0 Å². The lowest BCUT2D eigenvalue weighted by molar-refractivity contribution is -0.127. The second kappa shape index (κ2) is 8.49. The summed E-state index contributed by atoms with van der Waals surface area (Å²) < 4.78 is 28.2. The second-order valence-corrected chi connectivity index (χ2v) is 8.16. The summed E-state index contributed by atoms with van der Waals surface area (Å²) in [5.41, 5.74) is 1.63. The minimum atomic E-state index is -0.524. The Morgan fingerprint density at radius 2 is 1.90 bits per heavy atom. The van der Waals surface area contributed by atoms with Crippen LogP contribution in [0.15, 0.2) is 54.6 Å². The summed E-state index contributed by atoms with van der Waals surface area (Å²) in [4.78, 5) is 30.2. The van der Waals surface area contributed by atoms with Crippen LogP contribution in [-0.4, -0.2) is 59.9 Å². The lowest BCUT2D eigenvalue weighted by atomic mass is 10.0. The fourth-order valence-electron chi connectivity index (χ4n) is 4.34. The maximum atomic E-state index is 14.4. The molecule has 1 unspecified atom stereocenters. The third kappa shape index (κ3) is 4.17. The molecule has 0 saturated carbocycles. The van der Waals surface area contributed by atoms with Gasteiger partial charge in [-0.2, -0.15) is 0 Å². The standard InChI is InChI=1S/C24H25F2N3O2/c1-27(15-19-9-11-23(30)28(19)2)24(31)29-14-17(20-13-18(25)8-10-21(20)26)12-22(29)16-6-4-3-5-7-16/h3-8,10,12-13,19,22H,9,11,14-15H2,1-2H3/t19?,22-/m0/s1. The summed E-state index contributed by atoms with van der Waals surface area (Å²) in [5, 5.41) is 0. The summed E-state index contributed by atoms with van der Waals surface area (Å²) in [5.74, 6) is -0.961. The van der Waals surface area contributed by atoms with Crippen LogP contribution in [0.1, 0.15) is 30.0 Å². The molecule has 5 nitrogen and oxygen atoms in total. The molecule has 162 valence electrons. The average Bonchev–Trinajstić information content (AvgIpc) is 3.35. The van der Waals surface area contributed by atoms with E-state index in [-0.39, 0.29) is 30.1 Å². The largest absolute Gasteiger partial charge is 0.341 e. The van der Waals surface area contributed by atoms with Crippen LogP contribution in [-0.2, 0) is 4.79 Å². The quantitative estimate of drug-likeness (QED) is 0.741. The number of likely N-dealkylation sites (tertiary alicyclic amines) is 1. The summed E-state index contributed by atoms with van der Waals surface area (Å²) in [6, 6.07) is 12.2. The van der Waals surface area contributed by atoms with Gasteiger partial charge in [0.05, 0.1) is 6.04 Å². The van der Waals surface area contributed by atoms with Crippen molar-refractivity contribution < 1.29 is 18.4 Å². The van der Waals surface area contributed by atoms with Gasteiger partial charge in [-0.1, -0.05) is 36.4 Å². The first-order valence-electron chi connectivity index (χ1n) is 10.3. The number of amides is 3. The number of carbonyl (C=O) groups excluding carboxylic acids is 2. The monoisotopic (exact) mass is 425 g/mol. The predicted octanol–water partition coefficient (Wildman–Crippen LogP) is 4.08. The Hall–Kier alpha value is -3.22. The van der Waals surface area contributed by atoms with E-state index < -0.39 is 17.7 Å². The van der Waals surface area contributed by atoms with Gasteiger partial charge in [0.2, 0.25) is 5.91 Å². The van der Waals surface area contributed by atoms with Gasteiger partial charge in [-0.3, -0.25) is 4.79 Å². The molecule has 1 fully saturated rings. The van der Waals surface area contributed by atoms with Gasteiger partial charge in [0.1, 0.15) is 11.6 Å². The molecule has 4 rings (SSSR count). The zero-order valence-corrected chi connectivity index (χ0v) is 17.6. The highest BCUT2D eigenvalue weighted by atomic mass is 19.1. The van der Waals surface area contributed by atoms with Crippen molar-refractivity contribution in [2.75, 3.05) is 27.2 Å². The van der Waals surface area contributed by atoms with Gasteiger partial charge in [-0.15, -0.1) is 0 Å². The molecular formula is C24H25F2N3O2. The summed E-state index contributed by atoms with van der Waals surface area (Å²) in [6.07, 6.45) is 3.03. The van der Waals surface area contributed by atoms with Crippen molar-refractivity contribution in [1.82, 2.24) is 14.7 Å². The first-order valence-corrected chi connectivity index (χ1v) is 10.3. The summed E-state index contributed by atoms with van der Waals surface area (Å²) in [7, 11) is 3.47. The molecule has 1 saturated heterocycles. The Bertz CT molecular complexity index is 1020. The zero-order valence-electron chi connectivity index (χ0n) is 17.6. The van der Waals surface area contributed by atoms with E-state index in [1.165, 1.54) is 6.07 Å². The molecule has 2 atom stereocenters. The number of carbonyl (C=O) groups is 2. The number of likely N-dealkylation sites (N-methyl/N-ethyl adjacent to an activating group) is 2. The van der Waals surface area contributed by atoms with E-state index in [9.17, 15) is 18.4 Å². The third-order valence-corrected chi connectivity index (χ3v) is 6.14. The molecule has 7 heteroatoms. The molecule has 2 aromatic carbocycles. The molecule has 3 amide bonds. The van der Waals surface area contributed by atoms with Gasteiger partial charge in [-0.05, 0) is 35.8 Å². The fraction of sp³-hybridized carbons (Fsp3) is 0.333. The first-order chi connectivity index (χ1) is 14.8. The molecule has 2 aromatic rings. The summed E-state index contributed by atoms with van der Waals surface area (Å²) >= 11 is 0. The van der Waals surface area contributed by atoms with Crippen LogP contribution < -0.4 is 0 Å². The van der Waals surface area contributed by atoms with Crippen molar-refractivity contribution in [3.63, 3.8) is 0 Å². The van der Waals surface area contributed by atoms with Gasteiger partial charge < -0.3 is 14.7 Å². The van der Waals surface area contributed by atoms with E-state index in [4.69, 9.17) is 0 Å². The van der Waals surface area contributed by atoms with Crippen LogP contribution in [0.3, 0.4) is 0 Å². The van der Waals surface area contributed by atoms with Crippen LogP contribution in [0.4, 0.5) is 13.6 Å². The van der Waals surface area contributed by atoms with Crippen LogP contribution >= 0.6 is 0 Å². The second-order valence-electron chi connectivity index (χ2n) is 8.16. The molecule has 2 heterocycles. The van der Waals surface area contributed by atoms with E-state index >= 15 is 0 Å². The van der Waals surface area contributed by atoms with Gasteiger partial charge in [0.25, 0.3) is 0 Å². The highest BCUT2D eigenvalue weighted by Crippen LogP contribution is 2.36. The summed E-state index contributed by atoms with van der Waals surface area (Å²) in [6.45, 7) is 0.589. The van der Waals surface area contributed by atoms with Crippen LogP contribution in [0.25, 0.3) is 5.57 Å². The van der Waals surface area contributed by atoms with E-state index in [0.717, 1.165) is 17.7 Å². The van der Waals surface area contributed by atoms with Gasteiger partial charge in [-0.25, -0.2) is 13.6 Å². The van der Waals surface area contributed by atoms with Gasteiger partial charge in [0, 0.05) is 45.2 Å². The Balaban J connectivity index is 1.60. The predicted molar refractivity (Wildman–Crippen MR) is 114 cm³/mol. The molecule has 0 radical (unpaired) electrons. The van der Waals surface area contributed by atoms with Crippen molar-refractivity contribution in [2.45, 2.75) is 24.9 Å². The Morgan fingerprint density at radius 1 is 1.16 bits per heavy atom. The minimum absolute atomic E-state index is 0.0210. The van der Waals surface area contributed by atoms with Crippen LogP contribution in [0, 0.1) is 11.6 Å². The molecule has 31 heavy (non-hydrogen) atoms. The third-order valence-electron chi connectivity index (χ3n) is 6.14. The zero-order chi connectivity index (χ0) is 22.1. The molecule has 2 aliphatic heterocycles. The SMILES string of the molecule is CN(CC1CCC(=O)N1C)C(=O)N1CC(c2cc(F)ccc2F)=C[C@H]1c1ccccc1. The molecule has 0 spiro atoms.